The van der Waals surface area contributed by atoms with Gasteiger partial charge in [0.25, 0.3) is 0 Å². The first-order valence-corrected chi connectivity index (χ1v) is 6.58. The van der Waals surface area contributed by atoms with Crippen LogP contribution in [0.1, 0.15) is 5.56 Å². The summed E-state index contributed by atoms with van der Waals surface area (Å²) in [5.41, 5.74) is 2.36. The molecule has 3 heteroatoms. The molecule has 0 bridgehead atoms. The van der Waals surface area contributed by atoms with E-state index < -0.39 is 0 Å². The number of methoxy groups -OCH3 is 1. The maximum atomic E-state index is 5.38. The van der Waals surface area contributed by atoms with Crippen LogP contribution in [0.25, 0.3) is 0 Å². The minimum atomic E-state index is 0.847. The second kappa shape index (κ2) is 5.91. The molecule has 0 aliphatic heterocycles. The lowest BCUT2D eigenvalue weighted by atomic mass is 10.2. The van der Waals surface area contributed by atoms with Gasteiger partial charge < -0.3 is 9.64 Å². The van der Waals surface area contributed by atoms with E-state index in [2.05, 4.69) is 52.1 Å². The molecule has 0 N–H and O–H groups in total. The van der Waals surface area contributed by atoms with Crippen LogP contribution in [0.3, 0.4) is 0 Å². The maximum Gasteiger partial charge on any atom is 0.142 e. The number of nitrogens with zero attached hydrogens (tertiary/aromatic N) is 1. The molecule has 0 fully saturated rings. The Morgan fingerprint density at radius 2 is 1.89 bits per heavy atom. The fourth-order valence-corrected chi connectivity index (χ4v) is 2.39. The predicted molar refractivity (Wildman–Crippen MR) is 79.2 cm³/mol. The van der Waals surface area contributed by atoms with Gasteiger partial charge in [-0.05, 0) is 29.8 Å². The molecule has 0 aromatic heterocycles. The Balaban J connectivity index is 2.19. The lowest BCUT2D eigenvalue weighted by molar-refractivity contribution is 0.415. The first-order valence-electron chi connectivity index (χ1n) is 5.79. The fourth-order valence-electron chi connectivity index (χ4n) is 1.94. The molecular formula is C15H16BrNO. The molecule has 2 nitrogen and oxygen atoms in total. The highest BCUT2D eigenvalue weighted by molar-refractivity contribution is 9.10. The molecule has 18 heavy (non-hydrogen) atoms. The minimum Gasteiger partial charge on any atom is -0.495 e. The monoisotopic (exact) mass is 305 g/mol. The molecule has 0 aliphatic rings. The number of ether oxygens (including phenoxy) is 1. The van der Waals surface area contributed by atoms with E-state index in [0.717, 1.165) is 22.5 Å². The van der Waals surface area contributed by atoms with Crippen molar-refractivity contribution in [2.75, 3.05) is 19.1 Å². The van der Waals surface area contributed by atoms with Crippen LogP contribution in [0.15, 0.2) is 53.0 Å². The van der Waals surface area contributed by atoms with Crippen LogP contribution in [0.4, 0.5) is 5.69 Å². The van der Waals surface area contributed by atoms with E-state index in [1.54, 1.807) is 7.11 Å². The lowest BCUT2D eigenvalue weighted by Crippen LogP contribution is -2.17. The van der Waals surface area contributed by atoms with E-state index in [9.17, 15) is 0 Å². The Labute approximate surface area is 116 Å². The normalized spacial score (nSPS) is 10.2. The molecule has 0 heterocycles. The average Bonchev–Trinajstić information content (AvgIpc) is 2.38. The lowest BCUT2D eigenvalue weighted by Gasteiger charge is -2.21. The first-order chi connectivity index (χ1) is 8.70. The highest BCUT2D eigenvalue weighted by Gasteiger charge is 2.07. The number of halogens is 1. The summed E-state index contributed by atoms with van der Waals surface area (Å²) in [5, 5.41) is 0. The molecule has 0 saturated carbocycles. The van der Waals surface area contributed by atoms with Crippen molar-refractivity contribution < 1.29 is 4.74 Å². The van der Waals surface area contributed by atoms with Gasteiger partial charge in [0.05, 0.1) is 12.8 Å². The number of benzene rings is 2. The number of anilines is 1. The molecule has 0 spiro atoms. The van der Waals surface area contributed by atoms with E-state index in [-0.39, 0.29) is 0 Å². The summed E-state index contributed by atoms with van der Waals surface area (Å²) in [7, 11) is 3.77. The van der Waals surface area contributed by atoms with Gasteiger partial charge in [-0.25, -0.2) is 0 Å². The van der Waals surface area contributed by atoms with Gasteiger partial charge in [-0.2, -0.15) is 0 Å². The Hall–Kier alpha value is -1.48. The zero-order chi connectivity index (χ0) is 13.0. The van der Waals surface area contributed by atoms with Crippen LogP contribution in [0.2, 0.25) is 0 Å². The van der Waals surface area contributed by atoms with Crippen LogP contribution < -0.4 is 9.64 Å². The molecule has 2 aromatic rings. The molecule has 0 saturated heterocycles. The van der Waals surface area contributed by atoms with E-state index in [1.165, 1.54) is 5.56 Å². The Kier molecular flexibility index (Phi) is 4.26. The van der Waals surface area contributed by atoms with E-state index >= 15 is 0 Å². The summed E-state index contributed by atoms with van der Waals surface area (Å²) >= 11 is 3.49. The van der Waals surface area contributed by atoms with Crippen molar-refractivity contribution in [3.63, 3.8) is 0 Å². The van der Waals surface area contributed by atoms with Gasteiger partial charge in [0.2, 0.25) is 0 Å². The second-order valence-electron chi connectivity index (χ2n) is 4.16. The smallest absolute Gasteiger partial charge is 0.142 e. The van der Waals surface area contributed by atoms with Crippen molar-refractivity contribution >= 4 is 21.6 Å². The van der Waals surface area contributed by atoms with Gasteiger partial charge in [0, 0.05) is 18.1 Å². The predicted octanol–water partition coefficient (Wildman–Crippen LogP) is 4.09. The largest absolute Gasteiger partial charge is 0.495 e. The second-order valence-corrected chi connectivity index (χ2v) is 5.07. The quantitative estimate of drug-likeness (QED) is 0.843. The van der Waals surface area contributed by atoms with Crippen LogP contribution in [0, 0.1) is 0 Å². The van der Waals surface area contributed by atoms with Crippen LogP contribution in [-0.2, 0) is 6.54 Å². The summed E-state index contributed by atoms with van der Waals surface area (Å²) in [5.74, 6) is 0.898. The third kappa shape index (κ3) is 3.05. The molecule has 0 amide bonds. The Bertz CT molecular complexity index is 527. The molecule has 94 valence electrons. The summed E-state index contributed by atoms with van der Waals surface area (Å²) in [6.45, 7) is 0.847. The van der Waals surface area contributed by atoms with Gasteiger partial charge in [-0.3, -0.25) is 0 Å². The zero-order valence-corrected chi connectivity index (χ0v) is 12.1. The number of para-hydroxylation sites is 2. The van der Waals surface area contributed by atoms with Gasteiger partial charge in [0.1, 0.15) is 5.75 Å². The summed E-state index contributed by atoms with van der Waals surface area (Å²) < 4.78 is 6.48. The van der Waals surface area contributed by atoms with Crippen molar-refractivity contribution in [3.8, 4) is 5.75 Å². The van der Waals surface area contributed by atoms with E-state index in [1.807, 2.05) is 24.3 Å². The van der Waals surface area contributed by atoms with Gasteiger partial charge in [-0.1, -0.05) is 40.2 Å². The van der Waals surface area contributed by atoms with Crippen molar-refractivity contribution in [1.82, 2.24) is 0 Å². The average molecular weight is 306 g/mol. The topological polar surface area (TPSA) is 12.5 Å². The zero-order valence-electron chi connectivity index (χ0n) is 10.6. The summed E-state index contributed by atoms with van der Waals surface area (Å²) in [6.07, 6.45) is 0. The van der Waals surface area contributed by atoms with Crippen LogP contribution in [-0.4, -0.2) is 14.2 Å². The van der Waals surface area contributed by atoms with Gasteiger partial charge in [-0.15, -0.1) is 0 Å². The van der Waals surface area contributed by atoms with Crippen molar-refractivity contribution in [3.05, 3.63) is 58.6 Å². The standard InChI is InChI=1S/C15H16BrNO/c1-17(11-12-6-5-7-13(16)10-12)14-8-3-4-9-15(14)18-2/h3-10H,11H2,1-2H3. The Morgan fingerprint density at radius 3 is 2.61 bits per heavy atom. The molecular weight excluding hydrogens is 290 g/mol. The summed E-state index contributed by atoms with van der Waals surface area (Å²) in [6, 6.07) is 16.4. The molecule has 0 unspecified atom stereocenters. The van der Waals surface area contributed by atoms with Gasteiger partial charge in [0.15, 0.2) is 0 Å². The van der Waals surface area contributed by atoms with Crippen LogP contribution >= 0.6 is 15.9 Å². The maximum absolute atomic E-state index is 5.38. The molecule has 0 atom stereocenters. The minimum absolute atomic E-state index is 0.847. The van der Waals surface area contributed by atoms with Gasteiger partial charge >= 0.3 is 0 Å². The van der Waals surface area contributed by atoms with Crippen molar-refractivity contribution in [2.45, 2.75) is 6.54 Å². The molecule has 2 aromatic carbocycles. The molecule has 0 aliphatic carbocycles. The third-order valence-corrected chi connectivity index (χ3v) is 3.30. The van der Waals surface area contributed by atoms with Crippen molar-refractivity contribution in [1.29, 1.82) is 0 Å². The van der Waals surface area contributed by atoms with Crippen LogP contribution in [0.5, 0.6) is 5.75 Å². The molecule has 2 rings (SSSR count). The van der Waals surface area contributed by atoms with Crippen molar-refractivity contribution in [2.24, 2.45) is 0 Å². The number of hydrogen-bond acceptors (Lipinski definition) is 2. The highest BCUT2D eigenvalue weighted by atomic mass is 79.9. The van der Waals surface area contributed by atoms with E-state index in [0.29, 0.717) is 0 Å². The van der Waals surface area contributed by atoms with E-state index in [4.69, 9.17) is 4.74 Å². The number of rotatable bonds is 4. The third-order valence-electron chi connectivity index (χ3n) is 2.81. The first kappa shape index (κ1) is 13.0. The SMILES string of the molecule is COc1ccccc1N(C)Cc1cccc(Br)c1. The highest BCUT2D eigenvalue weighted by Crippen LogP contribution is 2.27. The number of hydrogen-bond donors (Lipinski definition) is 0. The fraction of sp³-hybridized carbons (Fsp3) is 0.200. The Morgan fingerprint density at radius 1 is 1.11 bits per heavy atom. The summed E-state index contributed by atoms with van der Waals surface area (Å²) in [4.78, 5) is 2.18. The molecule has 0 radical (unpaired) electrons.